The number of nitrogen functional groups attached to an aromatic ring is 1. The maximum absolute atomic E-state index is 5.78. The van der Waals surface area contributed by atoms with Crippen LogP contribution in [0.4, 0.5) is 5.69 Å². The minimum Gasteiger partial charge on any atom is -0.394 e. The molecule has 0 spiro atoms. The molecular formula is C10H10ClN5. The summed E-state index contributed by atoms with van der Waals surface area (Å²) in [7, 11) is 0. The first-order valence-corrected chi connectivity index (χ1v) is 5.46. The van der Waals surface area contributed by atoms with E-state index in [4.69, 9.17) is 17.3 Å². The quantitative estimate of drug-likeness (QED) is 0.806. The summed E-state index contributed by atoms with van der Waals surface area (Å²) < 4.78 is 1.65. The molecule has 0 aliphatic heterocycles. The molecule has 1 aliphatic carbocycles. The monoisotopic (exact) mass is 235 g/mol. The Labute approximate surface area is 97.3 Å². The summed E-state index contributed by atoms with van der Waals surface area (Å²) in [5.41, 5.74) is 7.34. The first-order valence-electron chi connectivity index (χ1n) is 5.08. The van der Waals surface area contributed by atoms with Gasteiger partial charge in [-0.15, -0.1) is 0 Å². The van der Waals surface area contributed by atoms with E-state index in [1.807, 2.05) is 12.3 Å². The van der Waals surface area contributed by atoms with Gasteiger partial charge in [0.15, 0.2) is 5.82 Å². The number of rotatable bonds is 2. The second-order valence-electron chi connectivity index (χ2n) is 3.88. The Hall–Kier alpha value is -1.62. The van der Waals surface area contributed by atoms with Gasteiger partial charge in [0.2, 0.25) is 5.28 Å². The first kappa shape index (κ1) is 9.59. The maximum Gasteiger partial charge on any atom is 0.224 e. The third-order valence-corrected chi connectivity index (χ3v) is 2.77. The average molecular weight is 236 g/mol. The number of nitrogens with two attached hydrogens (primary N) is 1. The third kappa shape index (κ3) is 1.63. The molecule has 0 radical (unpaired) electrons. The summed E-state index contributed by atoms with van der Waals surface area (Å²) in [6, 6.07) is 1.99. The van der Waals surface area contributed by atoms with Gasteiger partial charge in [-0.25, -0.2) is 9.67 Å². The summed E-state index contributed by atoms with van der Waals surface area (Å²) in [6.45, 7) is 0. The fourth-order valence-corrected chi connectivity index (χ4v) is 1.73. The van der Waals surface area contributed by atoms with Gasteiger partial charge >= 0.3 is 0 Å². The molecular weight excluding hydrogens is 226 g/mol. The van der Waals surface area contributed by atoms with Crippen molar-refractivity contribution in [3.63, 3.8) is 0 Å². The molecule has 2 N–H and O–H groups in total. The van der Waals surface area contributed by atoms with Crippen molar-refractivity contribution in [1.82, 2.24) is 19.7 Å². The van der Waals surface area contributed by atoms with Gasteiger partial charge in [-0.05, 0) is 30.5 Å². The SMILES string of the molecule is Nc1cnc(Cl)nc1-n1ccc(C2CC2)n1. The van der Waals surface area contributed by atoms with Crippen molar-refractivity contribution in [3.05, 3.63) is 29.4 Å². The molecule has 6 heteroatoms. The molecule has 5 nitrogen and oxygen atoms in total. The van der Waals surface area contributed by atoms with Crippen LogP contribution in [0.25, 0.3) is 5.82 Å². The molecule has 0 atom stereocenters. The van der Waals surface area contributed by atoms with Gasteiger partial charge in [0, 0.05) is 12.1 Å². The van der Waals surface area contributed by atoms with Crippen molar-refractivity contribution in [2.75, 3.05) is 5.73 Å². The number of nitrogens with zero attached hydrogens (tertiary/aromatic N) is 4. The largest absolute Gasteiger partial charge is 0.394 e. The number of anilines is 1. The highest BCUT2D eigenvalue weighted by Crippen LogP contribution is 2.39. The van der Waals surface area contributed by atoms with Gasteiger partial charge in [-0.3, -0.25) is 0 Å². The van der Waals surface area contributed by atoms with E-state index >= 15 is 0 Å². The fourth-order valence-electron chi connectivity index (χ4n) is 1.60. The molecule has 2 aromatic heterocycles. The lowest BCUT2D eigenvalue weighted by atomic mass is 10.3. The van der Waals surface area contributed by atoms with Gasteiger partial charge in [-0.2, -0.15) is 10.1 Å². The smallest absolute Gasteiger partial charge is 0.224 e. The highest BCUT2D eigenvalue weighted by Gasteiger charge is 2.26. The Kier molecular flexibility index (Phi) is 2.07. The summed E-state index contributed by atoms with van der Waals surface area (Å²) in [5, 5.41) is 4.61. The molecule has 3 rings (SSSR count). The number of hydrogen-bond acceptors (Lipinski definition) is 4. The van der Waals surface area contributed by atoms with E-state index in [0.29, 0.717) is 17.4 Å². The minimum atomic E-state index is 0.174. The molecule has 16 heavy (non-hydrogen) atoms. The molecule has 1 aliphatic rings. The van der Waals surface area contributed by atoms with Crippen molar-refractivity contribution >= 4 is 17.3 Å². The molecule has 0 aromatic carbocycles. The Morgan fingerprint density at radius 1 is 1.44 bits per heavy atom. The lowest BCUT2D eigenvalue weighted by Crippen LogP contribution is -2.05. The molecule has 0 saturated heterocycles. The van der Waals surface area contributed by atoms with E-state index in [2.05, 4.69) is 15.1 Å². The molecule has 0 unspecified atom stereocenters. The van der Waals surface area contributed by atoms with Crippen LogP contribution in [0.3, 0.4) is 0 Å². The summed E-state index contributed by atoms with van der Waals surface area (Å²) in [6.07, 6.45) is 5.78. The molecule has 1 fully saturated rings. The van der Waals surface area contributed by atoms with Crippen LogP contribution in [0.15, 0.2) is 18.5 Å². The zero-order valence-corrected chi connectivity index (χ0v) is 9.22. The first-order chi connectivity index (χ1) is 7.74. The van der Waals surface area contributed by atoms with E-state index in [9.17, 15) is 0 Å². The highest BCUT2D eigenvalue weighted by molar-refractivity contribution is 6.28. The minimum absolute atomic E-state index is 0.174. The Balaban J connectivity index is 2.03. The fraction of sp³-hybridized carbons (Fsp3) is 0.300. The Bertz CT molecular complexity index is 532. The number of aromatic nitrogens is 4. The molecule has 82 valence electrons. The Morgan fingerprint density at radius 2 is 2.25 bits per heavy atom. The topological polar surface area (TPSA) is 69.6 Å². The average Bonchev–Trinajstić information content (AvgIpc) is 3.01. The van der Waals surface area contributed by atoms with E-state index in [0.717, 1.165) is 5.69 Å². The Morgan fingerprint density at radius 3 is 3.00 bits per heavy atom. The zero-order chi connectivity index (χ0) is 11.1. The molecule has 2 aromatic rings. The predicted molar refractivity (Wildman–Crippen MR) is 60.6 cm³/mol. The zero-order valence-electron chi connectivity index (χ0n) is 8.47. The van der Waals surface area contributed by atoms with Crippen LogP contribution in [0, 0.1) is 0 Å². The van der Waals surface area contributed by atoms with Crippen LogP contribution >= 0.6 is 11.6 Å². The van der Waals surface area contributed by atoms with Gasteiger partial charge < -0.3 is 5.73 Å². The highest BCUT2D eigenvalue weighted by atomic mass is 35.5. The van der Waals surface area contributed by atoms with Crippen LogP contribution in [0.1, 0.15) is 24.5 Å². The third-order valence-electron chi connectivity index (χ3n) is 2.59. The van der Waals surface area contributed by atoms with Crippen molar-refractivity contribution in [1.29, 1.82) is 0 Å². The van der Waals surface area contributed by atoms with Gasteiger partial charge in [0.05, 0.1) is 17.6 Å². The van der Waals surface area contributed by atoms with Crippen molar-refractivity contribution in [2.45, 2.75) is 18.8 Å². The number of halogens is 1. The number of hydrogen-bond donors (Lipinski definition) is 1. The van der Waals surface area contributed by atoms with E-state index < -0.39 is 0 Å². The molecule has 1 saturated carbocycles. The van der Waals surface area contributed by atoms with Gasteiger partial charge in [0.25, 0.3) is 0 Å². The van der Waals surface area contributed by atoms with E-state index in [-0.39, 0.29) is 5.28 Å². The second-order valence-corrected chi connectivity index (χ2v) is 4.22. The molecule has 0 bridgehead atoms. The summed E-state index contributed by atoms with van der Waals surface area (Å²) in [4.78, 5) is 7.87. The van der Waals surface area contributed by atoms with Crippen molar-refractivity contribution < 1.29 is 0 Å². The van der Waals surface area contributed by atoms with Crippen LogP contribution in [0.2, 0.25) is 5.28 Å². The molecule has 0 amide bonds. The molecule has 2 heterocycles. The predicted octanol–water partition coefficient (Wildman–Crippen LogP) is 1.78. The van der Waals surface area contributed by atoms with Gasteiger partial charge in [0.1, 0.15) is 0 Å². The lowest BCUT2D eigenvalue weighted by Gasteiger charge is -2.03. The van der Waals surface area contributed by atoms with Crippen LogP contribution in [-0.2, 0) is 0 Å². The standard InChI is InChI=1S/C10H10ClN5/c11-10-13-5-7(12)9(14-10)16-4-3-8(15-16)6-1-2-6/h3-6H,1-2,12H2. The van der Waals surface area contributed by atoms with Crippen LogP contribution in [0.5, 0.6) is 0 Å². The van der Waals surface area contributed by atoms with E-state index in [1.165, 1.54) is 19.0 Å². The van der Waals surface area contributed by atoms with Crippen molar-refractivity contribution in [2.24, 2.45) is 0 Å². The normalized spacial score (nSPS) is 15.3. The maximum atomic E-state index is 5.78. The van der Waals surface area contributed by atoms with E-state index in [1.54, 1.807) is 4.68 Å². The van der Waals surface area contributed by atoms with Crippen LogP contribution in [-0.4, -0.2) is 19.7 Å². The second kappa shape index (κ2) is 3.45. The van der Waals surface area contributed by atoms with Gasteiger partial charge in [-0.1, -0.05) is 0 Å². The van der Waals surface area contributed by atoms with Crippen LogP contribution < -0.4 is 5.73 Å². The summed E-state index contributed by atoms with van der Waals surface area (Å²) >= 11 is 5.73. The van der Waals surface area contributed by atoms with Crippen molar-refractivity contribution in [3.8, 4) is 5.82 Å². The lowest BCUT2D eigenvalue weighted by molar-refractivity contribution is 0.810. The summed E-state index contributed by atoms with van der Waals surface area (Å²) in [5.74, 6) is 1.15.